The van der Waals surface area contributed by atoms with Crippen molar-refractivity contribution in [3.05, 3.63) is 65.2 Å². The molecule has 0 bridgehead atoms. The lowest BCUT2D eigenvalue weighted by atomic mass is 10.0. The van der Waals surface area contributed by atoms with Gasteiger partial charge >= 0.3 is 5.97 Å². The molecule has 2 aromatic rings. The van der Waals surface area contributed by atoms with Gasteiger partial charge < -0.3 is 10.4 Å². The number of hydrogen-bond donors (Lipinski definition) is 2. The van der Waals surface area contributed by atoms with Gasteiger partial charge in [-0.1, -0.05) is 43.3 Å². The van der Waals surface area contributed by atoms with E-state index in [1.807, 2.05) is 30.3 Å². The molecular formula is C21H21NO3. The average molecular weight is 335 g/mol. The number of benzene rings is 2. The highest BCUT2D eigenvalue weighted by molar-refractivity contribution is 5.96. The van der Waals surface area contributed by atoms with Gasteiger partial charge in [0.05, 0.1) is 5.92 Å². The summed E-state index contributed by atoms with van der Waals surface area (Å²) in [5.74, 6) is -0.193. The maximum atomic E-state index is 12.6. The minimum absolute atomic E-state index is 0.0848. The summed E-state index contributed by atoms with van der Waals surface area (Å²) in [6.45, 7) is 1.70. The topological polar surface area (TPSA) is 66.4 Å². The Labute approximate surface area is 146 Å². The lowest BCUT2D eigenvalue weighted by molar-refractivity contribution is -0.141. The Morgan fingerprint density at radius 1 is 1.16 bits per heavy atom. The maximum absolute atomic E-state index is 12.6. The Morgan fingerprint density at radius 2 is 1.88 bits per heavy atom. The van der Waals surface area contributed by atoms with Gasteiger partial charge in [0.1, 0.15) is 0 Å². The number of hydrogen-bond acceptors (Lipinski definition) is 2. The highest BCUT2D eigenvalue weighted by Crippen LogP contribution is 2.61. The third-order valence-electron chi connectivity index (χ3n) is 5.53. The van der Waals surface area contributed by atoms with Crippen LogP contribution in [0.25, 0.3) is 0 Å². The van der Waals surface area contributed by atoms with E-state index in [1.54, 1.807) is 6.92 Å². The zero-order chi connectivity index (χ0) is 17.6. The molecule has 2 aromatic carbocycles. The molecule has 2 aliphatic carbocycles. The molecule has 1 amide bonds. The third kappa shape index (κ3) is 2.93. The first-order chi connectivity index (χ1) is 12.0. The summed E-state index contributed by atoms with van der Waals surface area (Å²) in [7, 11) is 0. The second kappa shape index (κ2) is 6.03. The predicted molar refractivity (Wildman–Crippen MR) is 95.4 cm³/mol. The number of carboxylic acid groups (broad SMARTS) is 1. The van der Waals surface area contributed by atoms with E-state index in [0.29, 0.717) is 18.3 Å². The smallest absolute Gasteiger partial charge is 0.306 e. The summed E-state index contributed by atoms with van der Waals surface area (Å²) in [4.78, 5) is 23.5. The quantitative estimate of drug-likeness (QED) is 0.879. The first-order valence-electron chi connectivity index (χ1n) is 8.75. The molecule has 1 saturated carbocycles. The first-order valence-corrected chi connectivity index (χ1v) is 8.75. The van der Waals surface area contributed by atoms with Crippen molar-refractivity contribution in [3.63, 3.8) is 0 Å². The van der Waals surface area contributed by atoms with Crippen LogP contribution >= 0.6 is 0 Å². The molecule has 4 heteroatoms. The van der Waals surface area contributed by atoms with Gasteiger partial charge in [-0.25, -0.2) is 0 Å². The largest absolute Gasteiger partial charge is 0.481 e. The summed E-state index contributed by atoms with van der Waals surface area (Å²) in [6.07, 6.45) is 1.50. The number of carboxylic acids is 1. The van der Waals surface area contributed by atoms with Crippen LogP contribution in [0.3, 0.4) is 0 Å². The Kier molecular flexibility index (Phi) is 3.83. The SMILES string of the molecule is CC(Cc1ccc(NC(=O)C2C3Cc4ccccc4C32)cc1)C(=O)O. The predicted octanol–water partition coefficient (Wildman–Crippen LogP) is 3.47. The van der Waals surface area contributed by atoms with Crippen LogP contribution < -0.4 is 5.32 Å². The van der Waals surface area contributed by atoms with E-state index >= 15 is 0 Å². The molecule has 25 heavy (non-hydrogen) atoms. The van der Waals surface area contributed by atoms with Crippen molar-refractivity contribution in [3.8, 4) is 0 Å². The lowest BCUT2D eigenvalue weighted by Crippen LogP contribution is -2.17. The summed E-state index contributed by atoms with van der Waals surface area (Å²) in [5.41, 5.74) is 4.46. The molecule has 2 N–H and O–H groups in total. The summed E-state index contributed by atoms with van der Waals surface area (Å²) in [5, 5.41) is 12.0. The lowest BCUT2D eigenvalue weighted by Gasteiger charge is -2.10. The standard InChI is InChI=1S/C21H21NO3/c1-12(21(24)25)10-13-6-8-15(9-7-13)22-20(23)19-17-11-14-4-2-3-5-16(14)18(17)19/h2-9,12,17-19H,10-11H2,1H3,(H,22,23)(H,24,25). The second-order valence-electron chi connectivity index (χ2n) is 7.25. The van der Waals surface area contributed by atoms with E-state index in [4.69, 9.17) is 5.11 Å². The van der Waals surface area contributed by atoms with Crippen LogP contribution in [-0.2, 0) is 22.4 Å². The molecule has 4 unspecified atom stereocenters. The number of carbonyl (C=O) groups is 2. The van der Waals surface area contributed by atoms with E-state index in [9.17, 15) is 9.59 Å². The highest BCUT2D eigenvalue weighted by Gasteiger charge is 2.59. The molecule has 128 valence electrons. The molecular weight excluding hydrogens is 314 g/mol. The van der Waals surface area contributed by atoms with Gasteiger partial charge in [0.2, 0.25) is 5.91 Å². The molecule has 0 saturated heterocycles. The number of nitrogens with one attached hydrogen (secondary N) is 1. The highest BCUT2D eigenvalue weighted by atomic mass is 16.4. The van der Waals surface area contributed by atoms with Crippen molar-refractivity contribution in [2.45, 2.75) is 25.7 Å². The van der Waals surface area contributed by atoms with Crippen LogP contribution in [0.15, 0.2) is 48.5 Å². The number of aliphatic carboxylic acids is 1. The Morgan fingerprint density at radius 3 is 2.60 bits per heavy atom. The fourth-order valence-electron chi connectivity index (χ4n) is 4.10. The van der Waals surface area contributed by atoms with Gasteiger partial charge in [0, 0.05) is 11.6 Å². The second-order valence-corrected chi connectivity index (χ2v) is 7.25. The normalized spacial score (nSPS) is 24.1. The van der Waals surface area contributed by atoms with Gasteiger partial charge in [-0.3, -0.25) is 9.59 Å². The van der Waals surface area contributed by atoms with Gasteiger partial charge in [0.15, 0.2) is 0 Å². The first kappa shape index (κ1) is 15.9. The molecule has 0 heterocycles. The van der Waals surface area contributed by atoms with E-state index in [-0.39, 0.29) is 11.8 Å². The van der Waals surface area contributed by atoms with Gasteiger partial charge in [-0.15, -0.1) is 0 Å². The van der Waals surface area contributed by atoms with Crippen LogP contribution in [0.5, 0.6) is 0 Å². The van der Waals surface area contributed by atoms with Crippen LogP contribution in [-0.4, -0.2) is 17.0 Å². The molecule has 0 spiro atoms. The van der Waals surface area contributed by atoms with Crippen LogP contribution in [0.1, 0.15) is 29.5 Å². The fourth-order valence-corrected chi connectivity index (χ4v) is 4.10. The molecule has 4 atom stereocenters. The maximum Gasteiger partial charge on any atom is 0.306 e. The van der Waals surface area contributed by atoms with Crippen molar-refractivity contribution in [1.29, 1.82) is 0 Å². The van der Waals surface area contributed by atoms with Gasteiger partial charge in [0.25, 0.3) is 0 Å². The molecule has 0 aliphatic heterocycles. The van der Waals surface area contributed by atoms with Crippen LogP contribution in [0.2, 0.25) is 0 Å². The minimum atomic E-state index is -0.794. The van der Waals surface area contributed by atoms with Crippen molar-refractivity contribution in [2.75, 3.05) is 5.32 Å². The minimum Gasteiger partial charge on any atom is -0.481 e. The van der Waals surface area contributed by atoms with E-state index < -0.39 is 11.9 Å². The molecule has 4 rings (SSSR count). The Bertz CT molecular complexity index is 827. The van der Waals surface area contributed by atoms with E-state index in [0.717, 1.165) is 17.7 Å². The molecule has 2 aliphatic rings. The van der Waals surface area contributed by atoms with E-state index in [1.165, 1.54) is 11.1 Å². The Hall–Kier alpha value is -2.62. The van der Waals surface area contributed by atoms with Crippen molar-refractivity contribution in [1.82, 2.24) is 0 Å². The van der Waals surface area contributed by atoms with Gasteiger partial charge in [-0.2, -0.15) is 0 Å². The zero-order valence-corrected chi connectivity index (χ0v) is 14.1. The fraction of sp³-hybridized carbons (Fsp3) is 0.333. The molecule has 1 fully saturated rings. The molecule has 0 aromatic heterocycles. The molecule has 4 nitrogen and oxygen atoms in total. The number of amides is 1. The summed E-state index contributed by atoms with van der Waals surface area (Å²) in [6, 6.07) is 15.9. The number of fused-ring (bicyclic) bond motifs is 3. The zero-order valence-electron chi connectivity index (χ0n) is 14.1. The summed E-state index contributed by atoms with van der Waals surface area (Å²) < 4.78 is 0. The van der Waals surface area contributed by atoms with Crippen molar-refractivity contribution in [2.24, 2.45) is 17.8 Å². The van der Waals surface area contributed by atoms with E-state index in [2.05, 4.69) is 23.5 Å². The van der Waals surface area contributed by atoms with Crippen molar-refractivity contribution < 1.29 is 14.7 Å². The number of carbonyl (C=O) groups excluding carboxylic acids is 1. The summed E-state index contributed by atoms with van der Waals surface area (Å²) >= 11 is 0. The monoisotopic (exact) mass is 335 g/mol. The van der Waals surface area contributed by atoms with Crippen molar-refractivity contribution >= 4 is 17.6 Å². The molecule has 0 radical (unpaired) electrons. The third-order valence-corrected chi connectivity index (χ3v) is 5.53. The van der Waals surface area contributed by atoms with Crippen LogP contribution in [0.4, 0.5) is 5.69 Å². The average Bonchev–Trinajstić information content (AvgIpc) is 3.19. The Balaban J connectivity index is 1.37. The van der Waals surface area contributed by atoms with Crippen LogP contribution in [0, 0.1) is 17.8 Å². The number of rotatable bonds is 5. The number of anilines is 1. The van der Waals surface area contributed by atoms with Gasteiger partial charge in [-0.05, 0) is 53.5 Å².